The summed E-state index contributed by atoms with van der Waals surface area (Å²) in [5.74, 6) is 1.13. The van der Waals surface area contributed by atoms with Crippen LogP contribution in [0, 0.1) is 12.8 Å². The number of nitrogens with one attached hydrogen (secondary N) is 1. The zero-order valence-electron chi connectivity index (χ0n) is 18.1. The van der Waals surface area contributed by atoms with Gasteiger partial charge in [-0.05, 0) is 70.0 Å². The minimum Gasteiger partial charge on any atom is -0.487 e. The number of nitrogens with zero attached hydrogens (tertiary/aromatic N) is 1. The Balaban J connectivity index is 1.37. The molecule has 4 rings (SSSR count). The molecule has 0 spiro atoms. The molecule has 2 aromatic carbocycles. The topological polar surface area (TPSA) is 41.6 Å². The number of carbonyl (C=O) groups excluding carboxylic acids is 1. The molecule has 4 nitrogen and oxygen atoms in total. The lowest BCUT2D eigenvalue weighted by atomic mass is 9.88. The highest BCUT2D eigenvalue weighted by Crippen LogP contribution is 2.40. The van der Waals surface area contributed by atoms with Gasteiger partial charge in [-0.2, -0.15) is 0 Å². The van der Waals surface area contributed by atoms with Crippen LogP contribution < -0.4 is 10.1 Å². The maximum absolute atomic E-state index is 13.1. The monoisotopic (exact) mass is 426 g/mol. The SMILES string of the molecule is Cc1ccc2c(c1)OC(C)(C)C[C@H]2NC(=O)C1CCN(Cc2ccccc2Cl)CC1. The van der Waals surface area contributed by atoms with Crippen LogP contribution in [0.15, 0.2) is 42.5 Å². The standard InChI is InChI=1S/C25H31ClN2O2/c1-17-8-9-20-22(15-25(2,3)30-23(20)14-17)27-24(29)18-10-12-28(13-11-18)16-19-6-4-5-7-21(19)26/h4-9,14,18,22H,10-13,15-16H2,1-3H3,(H,27,29)/t22-/m1/s1. The first-order valence-corrected chi connectivity index (χ1v) is 11.2. The lowest BCUT2D eigenvalue weighted by Gasteiger charge is -2.39. The highest BCUT2D eigenvalue weighted by Gasteiger charge is 2.36. The smallest absolute Gasteiger partial charge is 0.223 e. The number of rotatable bonds is 4. The Morgan fingerprint density at radius 3 is 2.67 bits per heavy atom. The first-order chi connectivity index (χ1) is 14.3. The van der Waals surface area contributed by atoms with E-state index in [9.17, 15) is 4.79 Å². The second-order valence-electron chi connectivity index (χ2n) is 9.31. The summed E-state index contributed by atoms with van der Waals surface area (Å²) in [6.07, 6.45) is 2.54. The maximum Gasteiger partial charge on any atom is 0.223 e. The molecule has 5 heteroatoms. The van der Waals surface area contributed by atoms with Gasteiger partial charge in [0.1, 0.15) is 11.4 Å². The van der Waals surface area contributed by atoms with Gasteiger partial charge in [-0.25, -0.2) is 0 Å². The molecule has 2 aromatic rings. The van der Waals surface area contributed by atoms with Crippen molar-refractivity contribution < 1.29 is 9.53 Å². The predicted molar refractivity (Wildman–Crippen MR) is 121 cm³/mol. The van der Waals surface area contributed by atoms with Crippen molar-refractivity contribution in [2.45, 2.75) is 58.2 Å². The average Bonchev–Trinajstić information content (AvgIpc) is 2.69. The van der Waals surface area contributed by atoms with Gasteiger partial charge in [-0.15, -0.1) is 0 Å². The van der Waals surface area contributed by atoms with Crippen molar-refractivity contribution in [2.24, 2.45) is 5.92 Å². The Hall–Kier alpha value is -2.04. The van der Waals surface area contributed by atoms with Gasteiger partial charge >= 0.3 is 0 Å². The Morgan fingerprint density at radius 1 is 1.20 bits per heavy atom. The molecular weight excluding hydrogens is 396 g/mol. The van der Waals surface area contributed by atoms with E-state index < -0.39 is 0 Å². The summed E-state index contributed by atoms with van der Waals surface area (Å²) in [6.45, 7) is 8.91. The van der Waals surface area contributed by atoms with Crippen LogP contribution in [0.2, 0.25) is 5.02 Å². The molecule has 1 saturated heterocycles. The molecule has 0 bridgehead atoms. The van der Waals surface area contributed by atoms with Gasteiger partial charge < -0.3 is 10.1 Å². The summed E-state index contributed by atoms with van der Waals surface area (Å²) >= 11 is 6.30. The lowest BCUT2D eigenvalue weighted by molar-refractivity contribution is -0.127. The fourth-order valence-electron chi connectivity index (χ4n) is 4.60. The molecule has 0 saturated carbocycles. The van der Waals surface area contributed by atoms with E-state index in [2.05, 4.69) is 55.3 Å². The normalized spacial score (nSPS) is 21.5. The second kappa shape index (κ2) is 8.60. The number of fused-ring (bicyclic) bond motifs is 1. The number of hydrogen-bond donors (Lipinski definition) is 1. The molecule has 0 aliphatic carbocycles. The summed E-state index contributed by atoms with van der Waals surface area (Å²) < 4.78 is 6.17. The van der Waals surface area contributed by atoms with E-state index in [1.165, 1.54) is 5.56 Å². The molecule has 1 amide bonds. The molecule has 0 unspecified atom stereocenters. The van der Waals surface area contributed by atoms with E-state index in [4.69, 9.17) is 16.3 Å². The molecule has 1 atom stereocenters. The number of carbonyl (C=O) groups is 1. The molecule has 160 valence electrons. The number of benzene rings is 2. The van der Waals surface area contributed by atoms with Crippen LogP contribution in [0.25, 0.3) is 0 Å². The zero-order chi connectivity index (χ0) is 21.3. The fourth-order valence-corrected chi connectivity index (χ4v) is 4.79. The summed E-state index contributed by atoms with van der Waals surface area (Å²) in [4.78, 5) is 15.5. The van der Waals surface area contributed by atoms with Crippen LogP contribution >= 0.6 is 11.6 Å². The lowest BCUT2D eigenvalue weighted by Crippen LogP contribution is -2.45. The Bertz CT molecular complexity index is 919. The van der Waals surface area contributed by atoms with Crippen LogP contribution in [0.1, 0.15) is 55.8 Å². The third kappa shape index (κ3) is 4.81. The van der Waals surface area contributed by atoms with Crippen LogP contribution in [0.5, 0.6) is 5.75 Å². The highest BCUT2D eigenvalue weighted by atomic mass is 35.5. The molecule has 0 aromatic heterocycles. The van der Waals surface area contributed by atoms with Crippen molar-refractivity contribution in [1.82, 2.24) is 10.2 Å². The third-order valence-electron chi connectivity index (χ3n) is 6.25. The second-order valence-corrected chi connectivity index (χ2v) is 9.72. The van der Waals surface area contributed by atoms with E-state index in [0.717, 1.165) is 60.8 Å². The summed E-state index contributed by atoms with van der Waals surface area (Å²) in [6, 6.07) is 14.2. The van der Waals surface area contributed by atoms with Gasteiger partial charge in [-0.3, -0.25) is 9.69 Å². The molecule has 2 aliphatic rings. The molecule has 30 heavy (non-hydrogen) atoms. The Kier molecular flexibility index (Phi) is 6.08. The predicted octanol–water partition coefficient (Wildman–Crippen LogP) is 5.28. The van der Waals surface area contributed by atoms with E-state index in [-0.39, 0.29) is 23.5 Å². The van der Waals surface area contributed by atoms with Gasteiger partial charge in [0, 0.05) is 29.5 Å². The number of hydrogen-bond acceptors (Lipinski definition) is 3. The molecule has 2 aliphatic heterocycles. The van der Waals surface area contributed by atoms with E-state index in [0.29, 0.717) is 0 Å². The molecule has 1 fully saturated rings. The van der Waals surface area contributed by atoms with Crippen molar-refractivity contribution in [2.75, 3.05) is 13.1 Å². The van der Waals surface area contributed by atoms with E-state index >= 15 is 0 Å². The maximum atomic E-state index is 13.1. The molecular formula is C25H31ClN2O2. The van der Waals surface area contributed by atoms with Crippen LogP contribution in [-0.2, 0) is 11.3 Å². The number of piperidine rings is 1. The number of halogens is 1. The van der Waals surface area contributed by atoms with Crippen molar-refractivity contribution in [3.63, 3.8) is 0 Å². The van der Waals surface area contributed by atoms with Crippen molar-refractivity contribution in [3.05, 3.63) is 64.2 Å². The average molecular weight is 427 g/mol. The minimum atomic E-state index is -0.295. The molecule has 2 heterocycles. The van der Waals surface area contributed by atoms with E-state index in [1.807, 2.05) is 18.2 Å². The van der Waals surface area contributed by atoms with Gasteiger partial charge in [-0.1, -0.05) is 41.9 Å². The van der Waals surface area contributed by atoms with Gasteiger partial charge in [0.2, 0.25) is 5.91 Å². The molecule has 0 radical (unpaired) electrons. The summed E-state index contributed by atoms with van der Waals surface area (Å²) in [5.41, 5.74) is 3.11. The highest BCUT2D eigenvalue weighted by molar-refractivity contribution is 6.31. The van der Waals surface area contributed by atoms with Gasteiger partial charge in [0.05, 0.1) is 6.04 Å². The quantitative estimate of drug-likeness (QED) is 0.723. The van der Waals surface area contributed by atoms with Crippen molar-refractivity contribution in [3.8, 4) is 5.75 Å². The summed E-state index contributed by atoms with van der Waals surface area (Å²) in [7, 11) is 0. The number of ether oxygens (including phenoxy) is 1. The van der Waals surface area contributed by atoms with Crippen LogP contribution in [-0.4, -0.2) is 29.5 Å². The largest absolute Gasteiger partial charge is 0.487 e. The number of likely N-dealkylation sites (tertiary alicyclic amines) is 1. The van der Waals surface area contributed by atoms with Crippen LogP contribution in [0.3, 0.4) is 0 Å². The third-order valence-corrected chi connectivity index (χ3v) is 6.62. The van der Waals surface area contributed by atoms with Crippen LogP contribution in [0.4, 0.5) is 0 Å². The Morgan fingerprint density at radius 2 is 1.93 bits per heavy atom. The van der Waals surface area contributed by atoms with E-state index in [1.54, 1.807) is 0 Å². The Labute approximate surface area is 184 Å². The molecule has 1 N–H and O–H groups in total. The summed E-state index contributed by atoms with van der Waals surface area (Å²) in [5, 5.41) is 4.15. The van der Waals surface area contributed by atoms with Crippen molar-refractivity contribution in [1.29, 1.82) is 0 Å². The first-order valence-electron chi connectivity index (χ1n) is 10.9. The first kappa shape index (κ1) is 21.2. The zero-order valence-corrected chi connectivity index (χ0v) is 18.8. The number of aryl methyl sites for hydroxylation is 1. The van der Waals surface area contributed by atoms with Gasteiger partial charge in [0.25, 0.3) is 0 Å². The minimum absolute atomic E-state index is 0.00185. The number of amides is 1. The van der Waals surface area contributed by atoms with Crippen molar-refractivity contribution >= 4 is 17.5 Å². The van der Waals surface area contributed by atoms with Gasteiger partial charge in [0.15, 0.2) is 0 Å². The fraction of sp³-hybridized carbons (Fsp3) is 0.480.